The third-order valence-electron chi connectivity index (χ3n) is 4.23. The number of carbonyl (C=O) groups is 1. The molecule has 3 rings (SSSR count). The minimum atomic E-state index is -0.671. The van der Waals surface area contributed by atoms with Crippen molar-refractivity contribution in [2.24, 2.45) is 0 Å². The molecule has 2 aromatic carbocycles. The number of hydrogen-bond donors (Lipinski definition) is 1. The molecule has 8 heteroatoms. The summed E-state index contributed by atoms with van der Waals surface area (Å²) in [6.45, 7) is 1.97. The first-order valence-corrected chi connectivity index (χ1v) is 9.19. The van der Waals surface area contributed by atoms with E-state index >= 15 is 0 Å². The van der Waals surface area contributed by atoms with Gasteiger partial charge in [-0.15, -0.1) is 0 Å². The van der Waals surface area contributed by atoms with E-state index in [1.807, 2.05) is 43.3 Å². The number of rotatable bonds is 9. The molecule has 0 radical (unpaired) electrons. The van der Waals surface area contributed by atoms with Crippen LogP contribution in [-0.2, 0) is 11.3 Å². The molecule has 152 valence electrons. The number of methoxy groups -OCH3 is 2. The molecule has 0 saturated heterocycles. The molecule has 0 bridgehead atoms. The van der Waals surface area contributed by atoms with Crippen molar-refractivity contribution < 1.29 is 23.5 Å². The normalized spacial score (nSPS) is 11.6. The van der Waals surface area contributed by atoms with Gasteiger partial charge in [-0.1, -0.05) is 24.2 Å². The molecule has 0 unspecified atom stereocenters. The molecule has 1 heterocycles. The molecule has 0 aliphatic carbocycles. The van der Waals surface area contributed by atoms with E-state index in [0.29, 0.717) is 29.6 Å². The molecule has 0 saturated carbocycles. The van der Waals surface area contributed by atoms with Crippen LogP contribution in [-0.4, -0.2) is 36.4 Å². The quantitative estimate of drug-likeness (QED) is 0.592. The average molecular weight is 397 g/mol. The maximum Gasteiger partial charge on any atom is 0.261 e. The topological polar surface area (TPSA) is 95.7 Å². The lowest BCUT2D eigenvalue weighted by Gasteiger charge is -2.18. The van der Waals surface area contributed by atoms with E-state index in [-0.39, 0.29) is 12.5 Å². The Morgan fingerprint density at radius 3 is 2.45 bits per heavy atom. The first-order valence-electron chi connectivity index (χ1n) is 9.19. The maximum atomic E-state index is 12.5. The number of ether oxygens (including phenoxy) is 3. The van der Waals surface area contributed by atoms with Crippen LogP contribution in [0.25, 0.3) is 11.4 Å². The Morgan fingerprint density at radius 2 is 1.79 bits per heavy atom. The lowest BCUT2D eigenvalue weighted by Crippen LogP contribution is -2.37. The van der Waals surface area contributed by atoms with Gasteiger partial charge in [-0.25, -0.2) is 0 Å². The summed E-state index contributed by atoms with van der Waals surface area (Å²) in [5, 5.41) is 6.72. The molecule has 29 heavy (non-hydrogen) atoms. The largest absolute Gasteiger partial charge is 0.497 e. The van der Waals surface area contributed by atoms with Crippen molar-refractivity contribution in [1.82, 2.24) is 15.5 Å². The second-order valence-electron chi connectivity index (χ2n) is 6.12. The van der Waals surface area contributed by atoms with Crippen molar-refractivity contribution in [1.29, 1.82) is 0 Å². The van der Waals surface area contributed by atoms with Crippen LogP contribution >= 0.6 is 0 Å². The Balaban J connectivity index is 1.59. The number of nitrogens with zero attached hydrogens (tertiary/aromatic N) is 2. The minimum Gasteiger partial charge on any atom is -0.497 e. The number of benzene rings is 2. The summed E-state index contributed by atoms with van der Waals surface area (Å²) >= 11 is 0. The minimum absolute atomic E-state index is 0.105. The molecule has 8 nitrogen and oxygen atoms in total. The number of carbonyl (C=O) groups excluding carboxylic acids is 1. The van der Waals surface area contributed by atoms with Gasteiger partial charge in [-0.05, 0) is 42.8 Å². The van der Waals surface area contributed by atoms with Crippen LogP contribution in [0.4, 0.5) is 0 Å². The lowest BCUT2D eigenvalue weighted by atomic mass is 10.2. The summed E-state index contributed by atoms with van der Waals surface area (Å²) in [7, 11) is 3.16. The second-order valence-corrected chi connectivity index (χ2v) is 6.12. The molecule has 1 amide bonds. The maximum absolute atomic E-state index is 12.5. The van der Waals surface area contributed by atoms with Crippen LogP contribution in [0.2, 0.25) is 0 Å². The van der Waals surface area contributed by atoms with Gasteiger partial charge in [0.15, 0.2) is 17.6 Å². The zero-order chi connectivity index (χ0) is 20.6. The van der Waals surface area contributed by atoms with Crippen molar-refractivity contribution in [2.45, 2.75) is 26.0 Å². The van der Waals surface area contributed by atoms with E-state index in [2.05, 4.69) is 15.5 Å². The van der Waals surface area contributed by atoms with E-state index < -0.39 is 6.10 Å². The predicted octanol–water partition coefficient (Wildman–Crippen LogP) is 3.23. The van der Waals surface area contributed by atoms with Crippen LogP contribution in [0.1, 0.15) is 19.2 Å². The molecule has 0 aliphatic rings. The van der Waals surface area contributed by atoms with Gasteiger partial charge in [-0.2, -0.15) is 4.98 Å². The highest BCUT2D eigenvalue weighted by Crippen LogP contribution is 2.27. The Bertz CT molecular complexity index is 939. The van der Waals surface area contributed by atoms with Crippen LogP contribution < -0.4 is 19.5 Å². The summed E-state index contributed by atoms with van der Waals surface area (Å²) in [6.07, 6.45) is -0.180. The van der Waals surface area contributed by atoms with E-state index in [9.17, 15) is 4.79 Å². The highest BCUT2D eigenvalue weighted by atomic mass is 16.5. The molecule has 0 spiro atoms. The first-order chi connectivity index (χ1) is 14.1. The Hall–Kier alpha value is -3.55. The fourth-order valence-electron chi connectivity index (χ4n) is 2.65. The second kappa shape index (κ2) is 9.59. The van der Waals surface area contributed by atoms with Gasteiger partial charge >= 0.3 is 0 Å². The molecule has 1 atom stereocenters. The van der Waals surface area contributed by atoms with Gasteiger partial charge in [0.1, 0.15) is 5.75 Å². The van der Waals surface area contributed by atoms with Gasteiger partial charge in [0, 0.05) is 5.56 Å². The molecule has 3 aromatic rings. The van der Waals surface area contributed by atoms with Gasteiger partial charge < -0.3 is 24.1 Å². The highest BCUT2D eigenvalue weighted by molar-refractivity contribution is 5.81. The Labute approximate surface area is 168 Å². The zero-order valence-electron chi connectivity index (χ0n) is 16.5. The summed E-state index contributed by atoms with van der Waals surface area (Å²) in [5.41, 5.74) is 0.790. The van der Waals surface area contributed by atoms with E-state index in [0.717, 1.165) is 11.3 Å². The smallest absolute Gasteiger partial charge is 0.261 e. The summed E-state index contributed by atoms with van der Waals surface area (Å²) in [5.74, 6) is 2.29. The van der Waals surface area contributed by atoms with Crippen molar-refractivity contribution in [2.75, 3.05) is 14.2 Å². The summed E-state index contributed by atoms with van der Waals surface area (Å²) < 4.78 is 21.4. The molecular formula is C21H23N3O5. The molecule has 0 fully saturated rings. The van der Waals surface area contributed by atoms with Crippen molar-refractivity contribution in [3.8, 4) is 28.6 Å². The number of hydrogen-bond acceptors (Lipinski definition) is 7. The highest BCUT2D eigenvalue weighted by Gasteiger charge is 2.20. The fourth-order valence-corrected chi connectivity index (χ4v) is 2.65. The van der Waals surface area contributed by atoms with E-state index in [1.165, 1.54) is 0 Å². The van der Waals surface area contributed by atoms with Gasteiger partial charge in [0.05, 0.1) is 20.8 Å². The lowest BCUT2D eigenvalue weighted by molar-refractivity contribution is -0.128. The van der Waals surface area contributed by atoms with Crippen LogP contribution in [0.15, 0.2) is 53.1 Å². The van der Waals surface area contributed by atoms with Gasteiger partial charge in [0.25, 0.3) is 5.91 Å². The third-order valence-corrected chi connectivity index (χ3v) is 4.23. The summed E-state index contributed by atoms with van der Waals surface area (Å²) in [6, 6.07) is 14.5. The number of amides is 1. The van der Waals surface area contributed by atoms with Gasteiger partial charge in [-0.3, -0.25) is 4.79 Å². The van der Waals surface area contributed by atoms with Crippen molar-refractivity contribution in [3.63, 3.8) is 0 Å². The molecule has 1 aromatic heterocycles. The SMILES string of the molecule is CC[C@@H](Oc1ccccc1OC)C(=O)NCc1nc(-c2ccc(OC)cc2)no1. The van der Waals surface area contributed by atoms with Crippen molar-refractivity contribution >= 4 is 5.91 Å². The number of nitrogens with one attached hydrogen (secondary N) is 1. The zero-order valence-corrected chi connectivity index (χ0v) is 16.5. The monoisotopic (exact) mass is 397 g/mol. The fraction of sp³-hybridized carbons (Fsp3) is 0.286. The summed E-state index contributed by atoms with van der Waals surface area (Å²) in [4.78, 5) is 16.8. The number of para-hydroxylation sites is 2. The van der Waals surface area contributed by atoms with Crippen LogP contribution in [0, 0.1) is 0 Å². The van der Waals surface area contributed by atoms with Crippen LogP contribution in [0.3, 0.4) is 0 Å². The number of aromatic nitrogens is 2. The molecule has 1 N–H and O–H groups in total. The molecule has 0 aliphatic heterocycles. The van der Waals surface area contributed by atoms with Gasteiger partial charge in [0.2, 0.25) is 11.7 Å². The average Bonchev–Trinajstić information content (AvgIpc) is 3.25. The Kier molecular flexibility index (Phi) is 6.67. The third kappa shape index (κ3) is 5.04. The van der Waals surface area contributed by atoms with Crippen LogP contribution in [0.5, 0.6) is 17.2 Å². The Morgan fingerprint density at radius 1 is 1.07 bits per heavy atom. The first kappa shape index (κ1) is 20.2. The molecular weight excluding hydrogens is 374 g/mol. The van der Waals surface area contributed by atoms with E-state index in [1.54, 1.807) is 26.4 Å². The van der Waals surface area contributed by atoms with E-state index in [4.69, 9.17) is 18.7 Å². The predicted molar refractivity (Wildman–Crippen MR) is 106 cm³/mol. The van der Waals surface area contributed by atoms with Crippen molar-refractivity contribution in [3.05, 3.63) is 54.4 Å². The standard InChI is InChI=1S/C21H23N3O5/c1-4-16(28-18-8-6-5-7-17(18)27-3)21(25)22-13-19-23-20(24-29-19)14-9-11-15(26-2)12-10-14/h5-12,16H,4,13H2,1-3H3,(H,22,25)/t16-/m1/s1.